The summed E-state index contributed by atoms with van der Waals surface area (Å²) in [6.45, 7) is 3.24. The largest absolute Gasteiger partial charge is 0.378 e. The van der Waals surface area contributed by atoms with Crippen LogP contribution in [-0.4, -0.2) is 60.8 Å². The maximum Gasteiger partial charge on any atom is 0.255 e. The van der Waals surface area contributed by atoms with Crippen molar-refractivity contribution in [1.82, 2.24) is 9.88 Å². The Morgan fingerprint density at radius 3 is 2.88 bits per heavy atom. The van der Waals surface area contributed by atoms with E-state index in [1.165, 1.54) is 0 Å². The fraction of sp³-hybridized carbons (Fsp3) is 0.667. The molecule has 3 heterocycles. The third-order valence-electron chi connectivity index (χ3n) is 5.49. The molecule has 3 aliphatic rings. The van der Waals surface area contributed by atoms with Crippen LogP contribution in [-0.2, 0) is 9.47 Å². The second-order valence-electron chi connectivity index (χ2n) is 7.00. The first-order valence-corrected chi connectivity index (χ1v) is 9.51. The summed E-state index contributed by atoms with van der Waals surface area (Å²) in [4.78, 5) is 18.8. The Kier molecular flexibility index (Phi) is 5.10. The highest BCUT2D eigenvalue weighted by molar-refractivity contribution is 6.33. The molecule has 0 bridgehead atoms. The SMILES string of the molecule is O=C(c1cnc(NC2CCCC3OCCC23)c(Cl)c1)N1CCOCC1. The van der Waals surface area contributed by atoms with Crippen LogP contribution in [0, 0.1) is 5.92 Å². The topological polar surface area (TPSA) is 63.7 Å². The molecule has 4 rings (SSSR count). The van der Waals surface area contributed by atoms with Crippen LogP contribution in [0.4, 0.5) is 5.82 Å². The highest BCUT2D eigenvalue weighted by Crippen LogP contribution is 2.36. The lowest BCUT2D eigenvalue weighted by molar-refractivity contribution is 0.0302. The number of hydrogen-bond acceptors (Lipinski definition) is 5. The first kappa shape index (κ1) is 17.1. The van der Waals surface area contributed by atoms with Crippen molar-refractivity contribution in [2.45, 2.75) is 37.8 Å². The zero-order valence-corrected chi connectivity index (χ0v) is 15.0. The molecule has 0 aromatic carbocycles. The van der Waals surface area contributed by atoms with Gasteiger partial charge in [-0.15, -0.1) is 0 Å². The molecule has 25 heavy (non-hydrogen) atoms. The normalized spacial score (nSPS) is 29.3. The van der Waals surface area contributed by atoms with Gasteiger partial charge in [0, 0.05) is 37.9 Å². The van der Waals surface area contributed by atoms with E-state index in [0.29, 0.717) is 60.8 Å². The number of morpholine rings is 1. The third-order valence-corrected chi connectivity index (χ3v) is 5.78. The molecule has 3 fully saturated rings. The van der Waals surface area contributed by atoms with Gasteiger partial charge in [-0.25, -0.2) is 4.98 Å². The van der Waals surface area contributed by atoms with Crippen molar-refractivity contribution in [3.63, 3.8) is 0 Å². The van der Waals surface area contributed by atoms with E-state index in [2.05, 4.69) is 10.3 Å². The molecule has 3 unspecified atom stereocenters. The molecule has 0 spiro atoms. The molecule has 136 valence electrons. The molecule has 7 heteroatoms. The fourth-order valence-electron chi connectivity index (χ4n) is 4.14. The summed E-state index contributed by atoms with van der Waals surface area (Å²) in [6.07, 6.45) is 6.50. The Bertz CT molecular complexity index is 636. The summed E-state index contributed by atoms with van der Waals surface area (Å²) in [7, 11) is 0. The minimum Gasteiger partial charge on any atom is -0.378 e. The van der Waals surface area contributed by atoms with Gasteiger partial charge in [0.1, 0.15) is 5.82 Å². The van der Waals surface area contributed by atoms with Gasteiger partial charge in [-0.1, -0.05) is 11.6 Å². The van der Waals surface area contributed by atoms with E-state index in [0.717, 1.165) is 32.3 Å². The number of pyridine rings is 1. The molecule has 2 saturated heterocycles. The van der Waals surface area contributed by atoms with Crippen LogP contribution in [0.25, 0.3) is 0 Å². The minimum absolute atomic E-state index is 0.0360. The highest BCUT2D eigenvalue weighted by atomic mass is 35.5. The van der Waals surface area contributed by atoms with E-state index >= 15 is 0 Å². The van der Waals surface area contributed by atoms with Crippen molar-refractivity contribution >= 4 is 23.3 Å². The van der Waals surface area contributed by atoms with Gasteiger partial charge in [0.2, 0.25) is 0 Å². The standard InChI is InChI=1S/C18H24ClN3O3/c19-14-10-12(18(23)22-5-8-24-9-6-22)11-20-17(14)21-15-2-1-3-16-13(15)4-7-25-16/h10-11,13,15-16H,1-9H2,(H,20,21). The lowest BCUT2D eigenvalue weighted by Gasteiger charge is -2.33. The van der Waals surface area contributed by atoms with E-state index in [-0.39, 0.29) is 5.91 Å². The van der Waals surface area contributed by atoms with Gasteiger partial charge in [-0.2, -0.15) is 0 Å². The Labute approximate surface area is 152 Å². The smallest absolute Gasteiger partial charge is 0.255 e. The molecule has 1 amide bonds. The number of fused-ring (bicyclic) bond motifs is 1. The molecular weight excluding hydrogens is 342 g/mol. The number of ether oxygens (including phenoxy) is 2. The summed E-state index contributed by atoms with van der Waals surface area (Å²) in [6, 6.07) is 2.06. The summed E-state index contributed by atoms with van der Waals surface area (Å²) >= 11 is 6.42. The minimum atomic E-state index is -0.0360. The quantitative estimate of drug-likeness (QED) is 0.891. The molecule has 1 aliphatic carbocycles. The van der Waals surface area contributed by atoms with E-state index < -0.39 is 0 Å². The maximum absolute atomic E-state index is 12.5. The molecule has 0 radical (unpaired) electrons. The Hall–Kier alpha value is -1.37. The van der Waals surface area contributed by atoms with Crippen LogP contribution in [0.1, 0.15) is 36.0 Å². The Morgan fingerprint density at radius 2 is 2.08 bits per heavy atom. The summed E-state index contributed by atoms with van der Waals surface area (Å²) in [5.74, 6) is 1.16. The van der Waals surface area contributed by atoms with Crippen LogP contribution in [0.15, 0.2) is 12.3 Å². The second kappa shape index (κ2) is 7.48. The van der Waals surface area contributed by atoms with Gasteiger partial charge in [0.05, 0.1) is 29.9 Å². The van der Waals surface area contributed by atoms with Crippen LogP contribution < -0.4 is 5.32 Å². The van der Waals surface area contributed by atoms with E-state index in [1.54, 1.807) is 17.2 Å². The fourth-order valence-corrected chi connectivity index (χ4v) is 4.36. The number of halogens is 1. The molecule has 6 nitrogen and oxygen atoms in total. The number of carbonyl (C=O) groups is 1. The molecule has 1 aromatic rings. The number of amides is 1. The molecular formula is C18H24ClN3O3. The van der Waals surface area contributed by atoms with Gasteiger partial charge in [-0.3, -0.25) is 4.79 Å². The van der Waals surface area contributed by atoms with Crippen LogP contribution >= 0.6 is 11.6 Å². The number of nitrogens with zero attached hydrogens (tertiary/aromatic N) is 2. The predicted molar refractivity (Wildman–Crippen MR) is 95.1 cm³/mol. The lowest BCUT2D eigenvalue weighted by Crippen LogP contribution is -2.40. The monoisotopic (exact) mass is 365 g/mol. The van der Waals surface area contributed by atoms with Gasteiger partial charge < -0.3 is 19.7 Å². The predicted octanol–water partition coefficient (Wildman–Crippen LogP) is 2.58. The number of anilines is 1. The average molecular weight is 366 g/mol. The van der Waals surface area contributed by atoms with Gasteiger partial charge >= 0.3 is 0 Å². The second-order valence-corrected chi connectivity index (χ2v) is 7.41. The molecule has 1 saturated carbocycles. The first-order chi connectivity index (χ1) is 12.2. The third kappa shape index (κ3) is 3.61. The molecule has 3 atom stereocenters. The highest BCUT2D eigenvalue weighted by Gasteiger charge is 2.38. The maximum atomic E-state index is 12.5. The Morgan fingerprint density at radius 1 is 1.24 bits per heavy atom. The number of aromatic nitrogens is 1. The van der Waals surface area contributed by atoms with Crippen molar-refractivity contribution in [1.29, 1.82) is 0 Å². The van der Waals surface area contributed by atoms with Crippen molar-refractivity contribution in [3.8, 4) is 0 Å². The number of nitrogens with one attached hydrogen (secondary N) is 1. The summed E-state index contributed by atoms with van der Waals surface area (Å²) in [5, 5.41) is 4.00. The average Bonchev–Trinajstić information content (AvgIpc) is 3.13. The van der Waals surface area contributed by atoms with Crippen molar-refractivity contribution in [3.05, 3.63) is 22.8 Å². The molecule has 1 N–H and O–H groups in total. The van der Waals surface area contributed by atoms with Gasteiger partial charge in [0.15, 0.2) is 0 Å². The van der Waals surface area contributed by atoms with E-state index in [4.69, 9.17) is 21.1 Å². The number of rotatable bonds is 3. The van der Waals surface area contributed by atoms with Crippen molar-refractivity contribution in [2.75, 3.05) is 38.2 Å². The van der Waals surface area contributed by atoms with Crippen LogP contribution in [0.3, 0.4) is 0 Å². The number of hydrogen-bond donors (Lipinski definition) is 1. The summed E-state index contributed by atoms with van der Waals surface area (Å²) < 4.78 is 11.1. The van der Waals surface area contributed by atoms with Crippen LogP contribution in [0.5, 0.6) is 0 Å². The van der Waals surface area contributed by atoms with Crippen LogP contribution in [0.2, 0.25) is 5.02 Å². The van der Waals surface area contributed by atoms with Crippen molar-refractivity contribution < 1.29 is 14.3 Å². The first-order valence-electron chi connectivity index (χ1n) is 9.13. The zero-order chi connectivity index (χ0) is 17.2. The Balaban J connectivity index is 1.45. The lowest BCUT2D eigenvalue weighted by atomic mass is 9.82. The molecule has 2 aliphatic heterocycles. The molecule has 1 aromatic heterocycles. The van der Waals surface area contributed by atoms with E-state index in [1.807, 2.05) is 0 Å². The zero-order valence-electron chi connectivity index (χ0n) is 14.2. The van der Waals surface area contributed by atoms with Crippen molar-refractivity contribution in [2.24, 2.45) is 5.92 Å². The van der Waals surface area contributed by atoms with Gasteiger partial charge in [0.25, 0.3) is 5.91 Å². The van der Waals surface area contributed by atoms with Gasteiger partial charge in [-0.05, 0) is 31.7 Å². The number of carbonyl (C=O) groups excluding carboxylic acids is 1. The summed E-state index contributed by atoms with van der Waals surface area (Å²) in [5.41, 5.74) is 0.531. The van der Waals surface area contributed by atoms with E-state index in [9.17, 15) is 4.79 Å².